The normalized spacial score (nSPS) is 18.3. The molecule has 6 heteroatoms. The highest BCUT2D eigenvalue weighted by Gasteiger charge is 2.20. The molecule has 19 heavy (non-hydrogen) atoms. The molecule has 1 amide bonds. The van der Waals surface area contributed by atoms with E-state index in [1.54, 1.807) is 0 Å². The molecule has 3 N–H and O–H groups in total. The number of ether oxygens (including phenoxy) is 1. The van der Waals surface area contributed by atoms with E-state index in [-0.39, 0.29) is 37.0 Å². The van der Waals surface area contributed by atoms with Crippen LogP contribution in [0.2, 0.25) is 0 Å². The van der Waals surface area contributed by atoms with Gasteiger partial charge >= 0.3 is 5.97 Å². The molecule has 0 saturated carbocycles. The van der Waals surface area contributed by atoms with Crippen molar-refractivity contribution in [2.75, 3.05) is 19.7 Å². The zero-order valence-corrected chi connectivity index (χ0v) is 11.6. The van der Waals surface area contributed by atoms with Gasteiger partial charge in [-0.3, -0.25) is 9.59 Å². The van der Waals surface area contributed by atoms with E-state index in [1.807, 2.05) is 13.8 Å². The Morgan fingerprint density at radius 3 is 2.53 bits per heavy atom. The van der Waals surface area contributed by atoms with E-state index in [1.165, 1.54) is 0 Å². The second kappa shape index (κ2) is 8.12. The number of aliphatic carboxylic acids is 1. The third-order valence-corrected chi connectivity index (χ3v) is 3.28. The lowest BCUT2D eigenvalue weighted by atomic mass is 10.0. The Bertz CT molecular complexity index is 301. The topological polar surface area (TPSA) is 87.7 Å². The Balaban J connectivity index is 2.29. The lowest BCUT2D eigenvalue weighted by Crippen LogP contribution is -2.43. The molecule has 0 bridgehead atoms. The summed E-state index contributed by atoms with van der Waals surface area (Å²) in [5.74, 6) is -1.06. The Labute approximate surface area is 113 Å². The number of rotatable bonds is 7. The molecule has 1 atom stereocenters. The largest absolute Gasteiger partial charge is 0.481 e. The minimum absolute atomic E-state index is 0.00745. The Morgan fingerprint density at radius 1 is 1.37 bits per heavy atom. The lowest BCUT2D eigenvalue weighted by Gasteiger charge is -2.24. The fraction of sp³-hybridized carbons (Fsp3) is 0.846. The molecule has 0 aromatic rings. The summed E-state index contributed by atoms with van der Waals surface area (Å²) in [5, 5.41) is 14.7. The number of piperidine rings is 1. The molecule has 110 valence electrons. The quantitative estimate of drug-likeness (QED) is 0.623. The number of hydrogen-bond donors (Lipinski definition) is 3. The van der Waals surface area contributed by atoms with E-state index in [2.05, 4.69) is 10.6 Å². The molecule has 0 aromatic carbocycles. The van der Waals surface area contributed by atoms with E-state index < -0.39 is 5.97 Å². The summed E-state index contributed by atoms with van der Waals surface area (Å²) in [5.41, 5.74) is 0. The van der Waals surface area contributed by atoms with Gasteiger partial charge in [-0.2, -0.15) is 0 Å². The van der Waals surface area contributed by atoms with E-state index in [0.29, 0.717) is 0 Å². The van der Waals surface area contributed by atoms with Crippen LogP contribution >= 0.6 is 0 Å². The first-order chi connectivity index (χ1) is 8.99. The van der Waals surface area contributed by atoms with Gasteiger partial charge in [-0.15, -0.1) is 0 Å². The number of carbonyl (C=O) groups excluding carboxylic acids is 1. The van der Waals surface area contributed by atoms with E-state index in [0.717, 1.165) is 25.9 Å². The molecule has 1 aliphatic heterocycles. The van der Waals surface area contributed by atoms with Gasteiger partial charge in [-0.25, -0.2) is 0 Å². The standard InChI is InChI=1S/C13H24N2O4/c1-9(2)11(7-13(17)18)15-12(16)8-19-10-3-5-14-6-4-10/h9-11,14H,3-8H2,1-2H3,(H,15,16)(H,17,18). The Kier molecular flexibility index (Phi) is 6.80. The van der Waals surface area contributed by atoms with Gasteiger partial charge in [0.1, 0.15) is 6.61 Å². The maximum absolute atomic E-state index is 11.7. The number of nitrogens with one attached hydrogen (secondary N) is 2. The molecule has 6 nitrogen and oxygen atoms in total. The number of amides is 1. The first-order valence-corrected chi connectivity index (χ1v) is 6.82. The van der Waals surface area contributed by atoms with Crippen molar-refractivity contribution >= 4 is 11.9 Å². The summed E-state index contributed by atoms with van der Waals surface area (Å²) in [4.78, 5) is 22.4. The van der Waals surface area contributed by atoms with Crippen LogP contribution in [0.4, 0.5) is 0 Å². The van der Waals surface area contributed by atoms with Gasteiger partial charge in [0.25, 0.3) is 0 Å². The summed E-state index contributed by atoms with van der Waals surface area (Å²) in [7, 11) is 0. The molecule has 0 spiro atoms. The second-order valence-corrected chi connectivity index (χ2v) is 5.28. The van der Waals surface area contributed by atoms with Crippen molar-refractivity contribution in [3.8, 4) is 0 Å². The molecular formula is C13H24N2O4. The van der Waals surface area contributed by atoms with Crippen molar-refractivity contribution in [3.05, 3.63) is 0 Å². The molecule has 1 rings (SSSR count). The summed E-state index contributed by atoms with van der Waals surface area (Å²) >= 11 is 0. The van der Waals surface area contributed by atoms with Crippen molar-refractivity contribution in [3.63, 3.8) is 0 Å². The average Bonchev–Trinajstić information content (AvgIpc) is 2.36. The summed E-state index contributed by atoms with van der Waals surface area (Å²) in [6.45, 7) is 5.62. The molecular weight excluding hydrogens is 248 g/mol. The van der Waals surface area contributed by atoms with Gasteiger partial charge in [0.2, 0.25) is 5.91 Å². The predicted octanol–water partition coefficient (Wildman–Crippen LogP) is 0.371. The van der Waals surface area contributed by atoms with Crippen molar-refractivity contribution in [2.24, 2.45) is 5.92 Å². The second-order valence-electron chi connectivity index (χ2n) is 5.28. The number of carboxylic acid groups (broad SMARTS) is 1. The van der Waals surface area contributed by atoms with Gasteiger partial charge in [0.15, 0.2) is 0 Å². The molecule has 1 saturated heterocycles. The van der Waals surface area contributed by atoms with Crippen LogP contribution in [0, 0.1) is 5.92 Å². The van der Waals surface area contributed by atoms with Crippen molar-refractivity contribution in [2.45, 2.75) is 45.3 Å². The van der Waals surface area contributed by atoms with E-state index in [9.17, 15) is 9.59 Å². The van der Waals surface area contributed by atoms with Gasteiger partial charge < -0.3 is 20.5 Å². The third kappa shape index (κ3) is 6.54. The fourth-order valence-corrected chi connectivity index (χ4v) is 2.05. The third-order valence-electron chi connectivity index (χ3n) is 3.28. The van der Waals surface area contributed by atoms with Gasteiger partial charge in [0.05, 0.1) is 12.5 Å². The van der Waals surface area contributed by atoms with Crippen LogP contribution in [0.5, 0.6) is 0 Å². The first-order valence-electron chi connectivity index (χ1n) is 6.82. The SMILES string of the molecule is CC(C)C(CC(=O)O)NC(=O)COC1CCNCC1. The molecule has 0 aromatic heterocycles. The van der Waals surface area contributed by atoms with Crippen LogP contribution < -0.4 is 10.6 Å². The van der Waals surface area contributed by atoms with Crippen molar-refractivity contribution < 1.29 is 19.4 Å². The molecule has 1 fully saturated rings. The van der Waals surface area contributed by atoms with Gasteiger partial charge in [0, 0.05) is 6.04 Å². The Hall–Kier alpha value is -1.14. The zero-order valence-electron chi connectivity index (χ0n) is 11.6. The minimum Gasteiger partial charge on any atom is -0.481 e. The summed E-state index contributed by atoms with van der Waals surface area (Å²) in [6.07, 6.45) is 1.90. The van der Waals surface area contributed by atoms with Gasteiger partial charge in [-0.05, 0) is 31.8 Å². The van der Waals surface area contributed by atoms with Crippen LogP contribution in [0.25, 0.3) is 0 Å². The molecule has 0 aliphatic carbocycles. The van der Waals surface area contributed by atoms with Crippen molar-refractivity contribution in [1.82, 2.24) is 10.6 Å². The zero-order chi connectivity index (χ0) is 14.3. The van der Waals surface area contributed by atoms with Crippen LogP contribution in [-0.4, -0.2) is 48.8 Å². The smallest absolute Gasteiger partial charge is 0.305 e. The monoisotopic (exact) mass is 272 g/mol. The van der Waals surface area contributed by atoms with Gasteiger partial charge in [-0.1, -0.05) is 13.8 Å². The summed E-state index contributed by atoms with van der Waals surface area (Å²) < 4.78 is 5.53. The maximum atomic E-state index is 11.7. The molecule has 1 heterocycles. The highest BCUT2D eigenvalue weighted by atomic mass is 16.5. The minimum atomic E-state index is -0.904. The number of carbonyl (C=O) groups is 2. The lowest BCUT2D eigenvalue weighted by molar-refractivity contribution is -0.138. The molecule has 1 unspecified atom stereocenters. The number of carboxylic acids is 1. The van der Waals surface area contributed by atoms with Crippen LogP contribution in [0.3, 0.4) is 0 Å². The van der Waals surface area contributed by atoms with Crippen molar-refractivity contribution in [1.29, 1.82) is 0 Å². The van der Waals surface area contributed by atoms with E-state index >= 15 is 0 Å². The van der Waals surface area contributed by atoms with Crippen LogP contribution in [-0.2, 0) is 14.3 Å². The molecule has 0 radical (unpaired) electrons. The Morgan fingerprint density at radius 2 is 2.00 bits per heavy atom. The number of hydrogen-bond acceptors (Lipinski definition) is 4. The van der Waals surface area contributed by atoms with Crippen LogP contribution in [0.1, 0.15) is 33.1 Å². The first kappa shape index (κ1) is 15.9. The van der Waals surface area contributed by atoms with Crippen LogP contribution in [0.15, 0.2) is 0 Å². The molecule has 1 aliphatic rings. The average molecular weight is 272 g/mol. The maximum Gasteiger partial charge on any atom is 0.305 e. The fourth-order valence-electron chi connectivity index (χ4n) is 2.05. The van der Waals surface area contributed by atoms with E-state index in [4.69, 9.17) is 9.84 Å². The highest BCUT2D eigenvalue weighted by molar-refractivity contribution is 5.78. The summed E-state index contributed by atoms with van der Waals surface area (Å²) in [6, 6.07) is -0.346. The highest BCUT2D eigenvalue weighted by Crippen LogP contribution is 2.08. The predicted molar refractivity (Wildman–Crippen MR) is 70.9 cm³/mol.